The van der Waals surface area contributed by atoms with Crippen LogP contribution in [0.4, 0.5) is 0 Å². The fraction of sp³-hybridized carbons (Fsp3) is 0.909. The van der Waals surface area contributed by atoms with Crippen LogP contribution in [0.2, 0.25) is 0 Å². The molecule has 1 radical (unpaired) electrons. The SMILES string of the molecule is CCCCCC(=O)C([NH])CCCCN. The Morgan fingerprint density at radius 1 is 1.29 bits per heavy atom. The largest absolute Gasteiger partial charge is 0.330 e. The summed E-state index contributed by atoms with van der Waals surface area (Å²) in [7, 11) is 0. The molecule has 0 fully saturated rings. The van der Waals surface area contributed by atoms with E-state index in [-0.39, 0.29) is 5.78 Å². The zero-order chi connectivity index (χ0) is 10.8. The first kappa shape index (κ1) is 13.6. The molecule has 0 aliphatic carbocycles. The van der Waals surface area contributed by atoms with Gasteiger partial charge in [-0.25, -0.2) is 5.73 Å². The first-order chi connectivity index (χ1) is 6.72. The van der Waals surface area contributed by atoms with Gasteiger partial charge in [0.15, 0.2) is 5.78 Å². The van der Waals surface area contributed by atoms with Gasteiger partial charge < -0.3 is 5.73 Å². The number of ketones is 1. The second-order valence-electron chi connectivity index (χ2n) is 3.76. The summed E-state index contributed by atoms with van der Waals surface area (Å²) in [5.41, 5.74) is 12.9. The lowest BCUT2D eigenvalue weighted by Crippen LogP contribution is -2.22. The minimum Gasteiger partial charge on any atom is -0.330 e. The molecular formula is C11H23N2O. The standard InChI is InChI=1S/C11H23N2O/c1-2-3-4-8-11(14)10(13)7-5-6-9-12/h10,13H,2-9,12H2,1H3. The molecule has 3 N–H and O–H groups in total. The van der Waals surface area contributed by atoms with Crippen molar-refractivity contribution < 1.29 is 4.79 Å². The molecule has 0 aliphatic rings. The minimum absolute atomic E-state index is 0.107. The molecular weight excluding hydrogens is 176 g/mol. The highest BCUT2D eigenvalue weighted by Gasteiger charge is 2.12. The van der Waals surface area contributed by atoms with E-state index in [4.69, 9.17) is 11.5 Å². The van der Waals surface area contributed by atoms with E-state index in [2.05, 4.69) is 6.92 Å². The normalized spacial score (nSPS) is 12.8. The van der Waals surface area contributed by atoms with E-state index >= 15 is 0 Å². The third kappa shape index (κ3) is 7.04. The molecule has 0 spiro atoms. The lowest BCUT2D eigenvalue weighted by molar-refractivity contribution is -0.120. The summed E-state index contributed by atoms with van der Waals surface area (Å²) < 4.78 is 0. The van der Waals surface area contributed by atoms with Crippen molar-refractivity contribution in [3.05, 3.63) is 0 Å². The molecule has 0 saturated carbocycles. The molecule has 0 aliphatic heterocycles. The number of nitrogens with one attached hydrogen (secondary N) is 1. The summed E-state index contributed by atoms with van der Waals surface area (Å²) in [4.78, 5) is 11.4. The van der Waals surface area contributed by atoms with Gasteiger partial charge in [-0.2, -0.15) is 0 Å². The molecule has 0 amide bonds. The third-order valence-electron chi connectivity index (χ3n) is 2.36. The molecule has 0 rings (SSSR count). The van der Waals surface area contributed by atoms with Crippen molar-refractivity contribution in [2.45, 2.75) is 57.9 Å². The first-order valence-corrected chi connectivity index (χ1v) is 5.66. The van der Waals surface area contributed by atoms with E-state index in [1.54, 1.807) is 0 Å². The number of carbonyl (C=O) groups excluding carboxylic acids is 1. The number of rotatable bonds is 9. The predicted octanol–water partition coefficient (Wildman–Crippen LogP) is 1.92. The average molecular weight is 199 g/mol. The van der Waals surface area contributed by atoms with Crippen LogP contribution in [0, 0.1) is 0 Å². The molecule has 0 aromatic rings. The Labute approximate surface area is 87.2 Å². The summed E-state index contributed by atoms with van der Waals surface area (Å²) in [6, 6.07) is -0.501. The van der Waals surface area contributed by atoms with E-state index in [9.17, 15) is 4.79 Å². The molecule has 0 saturated heterocycles. The third-order valence-corrected chi connectivity index (χ3v) is 2.36. The van der Waals surface area contributed by atoms with Gasteiger partial charge in [-0.05, 0) is 25.8 Å². The van der Waals surface area contributed by atoms with Crippen molar-refractivity contribution >= 4 is 5.78 Å². The summed E-state index contributed by atoms with van der Waals surface area (Å²) in [5.74, 6) is 0.107. The van der Waals surface area contributed by atoms with Crippen molar-refractivity contribution in [3.63, 3.8) is 0 Å². The molecule has 3 heteroatoms. The maximum atomic E-state index is 11.4. The molecule has 1 unspecified atom stereocenters. The maximum absolute atomic E-state index is 11.4. The van der Waals surface area contributed by atoms with E-state index in [0.717, 1.165) is 32.1 Å². The molecule has 83 valence electrons. The minimum atomic E-state index is -0.501. The molecule has 1 atom stereocenters. The van der Waals surface area contributed by atoms with Gasteiger partial charge in [-0.3, -0.25) is 4.79 Å². The summed E-state index contributed by atoms with van der Waals surface area (Å²) in [6.07, 6.45) is 6.28. The van der Waals surface area contributed by atoms with Crippen LogP contribution in [0.15, 0.2) is 0 Å². The van der Waals surface area contributed by atoms with Gasteiger partial charge in [-0.1, -0.05) is 26.2 Å². The van der Waals surface area contributed by atoms with Crippen molar-refractivity contribution in [1.29, 1.82) is 0 Å². The Morgan fingerprint density at radius 2 is 2.00 bits per heavy atom. The van der Waals surface area contributed by atoms with Gasteiger partial charge >= 0.3 is 0 Å². The van der Waals surface area contributed by atoms with E-state index < -0.39 is 6.04 Å². The van der Waals surface area contributed by atoms with Crippen molar-refractivity contribution in [2.75, 3.05) is 6.54 Å². The Bertz CT molecular complexity index is 148. The van der Waals surface area contributed by atoms with Gasteiger partial charge in [0, 0.05) is 6.42 Å². The summed E-state index contributed by atoms with van der Waals surface area (Å²) in [6.45, 7) is 2.78. The van der Waals surface area contributed by atoms with Gasteiger partial charge in [-0.15, -0.1) is 0 Å². The van der Waals surface area contributed by atoms with Gasteiger partial charge in [0.25, 0.3) is 0 Å². The van der Waals surface area contributed by atoms with Crippen LogP contribution in [0.3, 0.4) is 0 Å². The van der Waals surface area contributed by atoms with Crippen LogP contribution in [0.5, 0.6) is 0 Å². The highest BCUT2D eigenvalue weighted by atomic mass is 16.1. The highest BCUT2D eigenvalue weighted by Crippen LogP contribution is 2.06. The second-order valence-corrected chi connectivity index (χ2v) is 3.76. The molecule has 0 heterocycles. The fourth-order valence-corrected chi connectivity index (χ4v) is 1.38. The first-order valence-electron chi connectivity index (χ1n) is 5.66. The number of carbonyl (C=O) groups is 1. The van der Waals surface area contributed by atoms with Crippen molar-refractivity contribution in [2.24, 2.45) is 5.73 Å². The molecule has 3 nitrogen and oxygen atoms in total. The number of hydrogen-bond donors (Lipinski definition) is 1. The van der Waals surface area contributed by atoms with Gasteiger partial charge in [0.05, 0.1) is 6.04 Å². The number of nitrogens with two attached hydrogens (primary N) is 1. The number of unbranched alkanes of at least 4 members (excludes halogenated alkanes) is 3. The number of Topliss-reactive ketones (excluding diaryl/α,β-unsaturated/α-hetero) is 1. The second kappa shape index (κ2) is 9.16. The molecule has 0 aromatic heterocycles. The fourth-order valence-electron chi connectivity index (χ4n) is 1.38. The van der Waals surface area contributed by atoms with Gasteiger partial charge in [0.1, 0.15) is 0 Å². The zero-order valence-electron chi connectivity index (χ0n) is 9.22. The van der Waals surface area contributed by atoms with Gasteiger partial charge in [0.2, 0.25) is 0 Å². The van der Waals surface area contributed by atoms with Crippen molar-refractivity contribution in [1.82, 2.24) is 5.73 Å². The Kier molecular flexibility index (Phi) is 8.89. The summed E-state index contributed by atoms with van der Waals surface area (Å²) in [5, 5.41) is 0. The zero-order valence-corrected chi connectivity index (χ0v) is 9.22. The number of hydrogen-bond acceptors (Lipinski definition) is 2. The van der Waals surface area contributed by atoms with Crippen LogP contribution >= 0.6 is 0 Å². The summed E-state index contributed by atoms with van der Waals surface area (Å²) >= 11 is 0. The Balaban J connectivity index is 3.44. The van der Waals surface area contributed by atoms with Crippen LogP contribution < -0.4 is 11.5 Å². The lowest BCUT2D eigenvalue weighted by Gasteiger charge is -2.08. The van der Waals surface area contributed by atoms with Crippen LogP contribution in [-0.4, -0.2) is 18.4 Å². The topological polar surface area (TPSA) is 66.9 Å². The maximum Gasteiger partial charge on any atom is 0.151 e. The molecule has 14 heavy (non-hydrogen) atoms. The van der Waals surface area contributed by atoms with Crippen molar-refractivity contribution in [3.8, 4) is 0 Å². The quantitative estimate of drug-likeness (QED) is 0.576. The average Bonchev–Trinajstić information content (AvgIpc) is 2.18. The lowest BCUT2D eigenvalue weighted by atomic mass is 10.0. The van der Waals surface area contributed by atoms with E-state index in [1.807, 2.05) is 0 Å². The van der Waals surface area contributed by atoms with Crippen LogP contribution in [-0.2, 0) is 4.79 Å². The predicted molar refractivity (Wildman–Crippen MR) is 58.9 cm³/mol. The van der Waals surface area contributed by atoms with E-state index in [0.29, 0.717) is 19.4 Å². The highest BCUT2D eigenvalue weighted by molar-refractivity contribution is 5.83. The van der Waals surface area contributed by atoms with Crippen LogP contribution in [0.25, 0.3) is 0 Å². The molecule has 0 aromatic carbocycles. The molecule has 0 bridgehead atoms. The Morgan fingerprint density at radius 3 is 2.57 bits per heavy atom. The monoisotopic (exact) mass is 199 g/mol. The smallest absolute Gasteiger partial charge is 0.151 e. The van der Waals surface area contributed by atoms with E-state index in [1.165, 1.54) is 0 Å². The van der Waals surface area contributed by atoms with Crippen LogP contribution in [0.1, 0.15) is 51.9 Å². The Hall–Kier alpha value is -0.410.